The molecular formula is C14H22N4O3. The second-order valence-electron chi connectivity index (χ2n) is 5.68. The van der Waals surface area contributed by atoms with Gasteiger partial charge in [-0.2, -0.15) is 0 Å². The Bertz CT molecular complexity index is 475. The third-order valence-electron chi connectivity index (χ3n) is 3.78. The minimum atomic E-state index is -0.768. The summed E-state index contributed by atoms with van der Waals surface area (Å²) in [7, 11) is 0. The van der Waals surface area contributed by atoms with Crippen LogP contribution >= 0.6 is 0 Å². The first-order valence-electron chi connectivity index (χ1n) is 7.30. The number of carboxylic acid groups (broad SMARTS) is 1. The summed E-state index contributed by atoms with van der Waals surface area (Å²) in [6.07, 6.45) is 8.13. The predicted octanol–water partition coefficient (Wildman–Crippen LogP) is 1.21. The summed E-state index contributed by atoms with van der Waals surface area (Å²) >= 11 is 0. The number of carbonyl (C=O) groups excluding carboxylic acids is 1. The van der Waals surface area contributed by atoms with Crippen molar-refractivity contribution in [3.63, 3.8) is 0 Å². The van der Waals surface area contributed by atoms with Crippen molar-refractivity contribution in [2.45, 2.75) is 51.2 Å². The number of aromatic nitrogens is 2. The van der Waals surface area contributed by atoms with Crippen molar-refractivity contribution in [2.24, 2.45) is 5.92 Å². The van der Waals surface area contributed by atoms with Crippen LogP contribution < -0.4 is 10.6 Å². The number of hydrogen-bond acceptors (Lipinski definition) is 3. The molecule has 0 saturated heterocycles. The number of urea groups is 1. The third-order valence-corrected chi connectivity index (χ3v) is 3.78. The lowest BCUT2D eigenvalue weighted by molar-refractivity contribution is -0.143. The van der Waals surface area contributed by atoms with Crippen molar-refractivity contribution in [3.05, 3.63) is 18.7 Å². The molecule has 1 aliphatic rings. The average Bonchev–Trinajstić information content (AvgIpc) is 2.91. The topological polar surface area (TPSA) is 96.3 Å². The Balaban J connectivity index is 1.74. The second kappa shape index (κ2) is 7.10. The molecule has 0 radical (unpaired) electrons. The van der Waals surface area contributed by atoms with Gasteiger partial charge in [-0.3, -0.25) is 4.79 Å². The molecule has 7 heteroatoms. The van der Waals surface area contributed by atoms with Gasteiger partial charge in [0.15, 0.2) is 0 Å². The van der Waals surface area contributed by atoms with E-state index >= 15 is 0 Å². The lowest BCUT2D eigenvalue weighted by atomic mass is 9.86. The first kappa shape index (κ1) is 15.3. The number of nitrogens with zero attached hydrogens (tertiary/aromatic N) is 2. The Kier molecular flexibility index (Phi) is 5.19. The maximum Gasteiger partial charge on any atom is 0.315 e. The zero-order chi connectivity index (χ0) is 15.2. The van der Waals surface area contributed by atoms with Gasteiger partial charge in [-0.15, -0.1) is 0 Å². The summed E-state index contributed by atoms with van der Waals surface area (Å²) in [4.78, 5) is 26.9. The fourth-order valence-corrected chi connectivity index (χ4v) is 2.75. The van der Waals surface area contributed by atoms with Crippen LogP contribution in [0.4, 0.5) is 4.79 Å². The van der Waals surface area contributed by atoms with Gasteiger partial charge >= 0.3 is 12.0 Å². The lowest BCUT2D eigenvalue weighted by Gasteiger charge is -2.28. The molecule has 2 rings (SSSR count). The number of carboxylic acids is 1. The molecule has 116 valence electrons. The van der Waals surface area contributed by atoms with Crippen molar-refractivity contribution in [3.8, 4) is 0 Å². The van der Waals surface area contributed by atoms with Crippen LogP contribution in [0.25, 0.3) is 0 Å². The largest absolute Gasteiger partial charge is 0.481 e. The summed E-state index contributed by atoms with van der Waals surface area (Å²) in [5, 5.41) is 14.8. The van der Waals surface area contributed by atoms with E-state index in [1.165, 1.54) is 0 Å². The van der Waals surface area contributed by atoms with Crippen LogP contribution in [-0.4, -0.2) is 38.7 Å². The van der Waals surface area contributed by atoms with E-state index in [-0.39, 0.29) is 24.0 Å². The average molecular weight is 294 g/mol. The minimum Gasteiger partial charge on any atom is -0.481 e. The van der Waals surface area contributed by atoms with E-state index in [0.717, 1.165) is 12.8 Å². The summed E-state index contributed by atoms with van der Waals surface area (Å²) in [5.41, 5.74) is 0. The van der Waals surface area contributed by atoms with Crippen molar-refractivity contribution in [1.29, 1.82) is 0 Å². The van der Waals surface area contributed by atoms with Crippen molar-refractivity contribution >= 4 is 12.0 Å². The van der Waals surface area contributed by atoms with E-state index in [4.69, 9.17) is 5.11 Å². The fourth-order valence-electron chi connectivity index (χ4n) is 2.75. The highest BCUT2D eigenvalue weighted by Crippen LogP contribution is 2.24. The number of nitrogens with one attached hydrogen (secondary N) is 2. The van der Waals surface area contributed by atoms with Crippen LogP contribution in [0.2, 0.25) is 0 Å². The predicted molar refractivity (Wildman–Crippen MR) is 76.7 cm³/mol. The van der Waals surface area contributed by atoms with Crippen LogP contribution in [-0.2, 0) is 11.3 Å². The highest BCUT2D eigenvalue weighted by molar-refractivity contribution is 5.75. The lowest BCUT2D eigenvalue weighted by Crippen LogP contribution is -2.48. The van der Waals surface area contributed by atoms with Crippen molar-refractivity contribution < 1.29 is 14.7 Å². The highest BCUT2D eigenvalue weighted by atomic mass is 16.4. The molecule has 1 saturated carbocycles. The quantitative estimate of drug-likeness (QED) is 0.760. The molecule has 0 bridgehead atoms. The molecular weight excluding hydrogens is 272 g/mol. The summed E-state index contributed by atoms with van der Waals surface area (Å²) < 4.78 is 1.89. The van der Waals surface area contributed by atoms with Crippen LogP contribution in [0.15, 0.2) is 18.7 Å². The molecule has 21 heavy (non-hydrogen) atoms. The Morgan fingerprint density at radius 1 is 1.48 bits per heavy atom. The first-order valence-corrected chi connectivity index (χ1v) is 7.30. The first-order chi connectivity index (χ1) is 10.0. The summed E-state index contributed by atoms with van der Waals surface area (Å²) in [6, 6.07) is -0.322. The molecule has 1 fully saturated rings. The monoisotopic (exact) mass is 294 g/mol. The van der Waals surface area contributed by atoms with Gasteiger partial charge in [-0.25, -0.2) is 9.78 Å². The summed E-state index contributed by atoms with van der Waals surface area (Å²) in [5.74, 6) is -1.11. The molecule has 0 aliphatic heterocycles. The van der Waals surface area contributed by atoms with Gasteiger partial charge in [-0.05, 0) is 26.2 Å². The number of rotatable bonds is 5. The van der Waals surface area contributed by atoms with Crippen LogP contribution in [0.5, 0.6) is 0 Å². The molecule has 1 aliphatic carbocycles. The van der Waals surface area contributed by atoms with E-state index in [1.54, 1.807) is 12.5 Å². The van der Waals surface area contributed by atoms with Gasteiger partial charge in [0.2, 0.25) is 0 Å². The molecule has 0 aromatic carbocycles. The van der Waals surface area contributed by atoms with Gasteiger partial charge in [0.05, 0.1) is 12.2 Å². The maximum absolute atomic E-state index is 11.9. The normalized spacial score (nSPS) is 23.3. The number of amides is 2. The van der Waals surface area contributed by atoms with E-state index in [0.29, 0.717) is 19.4 Å². The second-order valence-corrected chi connectivity index (χ2v) is 5.68. The Morgan fingerprint density at radius 3 is 2.95 bits per heavy atom. The summed E-state index contributed by atoms with van der Waals surface area (Å²) in [6.45, 7) is 2.57. The molecule has 3 unspecified atom stereocenters. The highest BCUT2D eigenvalue weighted by Gasteiger charge is 2.27. The van der Waals surface area contributed by atoms with E-state index in [1.807, 2.05) is 17.7 Å². The van der Waals surface area contributed by atoms with Gasteiger partial charge in [-0.1, -0.05) is 6.42 Å². The van der Waals surface area contributed by atoms with Gasteiger partial charge in [0, 0.05) is 31.0 Å². The maximum atomic E-state index is 11.9. The molecule has 0 spiro atoms. The van der Waals surface area contributed by atoms with Crippen LogP contribution in [0.1, 0.15) is 32.6 Å². The van der Waals surface area contributed by atoms with Gasteiger partial charge < -0.3 is 20.3 Å². The molecule has 1 aromatic rings. The molecule has 1 heterocycles. The zero-order valence-electron chi connectivity index (χ0n) is 12.2. The van der Waals surface area contributed by atoms with Crippen LogP contribution in [0, 0.1) is 5.92 Å². The molecule has 7 nitrogen and oxygen atoms in total. The SMILES string of the molecule is CC(Cn1ccnc1)NC(=O)NC1CCCC(C(=O)O)C1. The fraction of sp³-hybridized carbons (Fsp3) is 0.643. The Labute approximate surface area is 123 Å². The zero-order valence-corrected chi connectivity index (χ0v) is 12.2. The number of carbonyl (C=O) groups is 2. The van der Waals surface area contributed by atoms with Gasteiger partial charge in [0.25, 0.3) is 0 Å². The molecule has 2 amide bonds. The number of aliphatic carboxylic acids is 1. The molecule has 3 atom stereocenters. The minimum absolute atomic E-state index is 0.0296. The molecule has 3 N–H and O–H groups in total. The van der Waals surface area contributed by atoms with E-state index in [2.05, 4.69) is 15.6 Å². The number of hydrogen-bond donors (Lipinski definition) is 3. The Morgan fingerprint density at radius 2 is 2.29 bits per heavy atom. The van der Waals surface area contributed by atoms with Crippen LogP contribution in [0.3, 0.4) is 0 Å². The smallest absolute Gasteiger partial charge is 0.315 e. The number of imidazole rings is 1. The standard InChI is InChI=1S/C14H22N4O3/c1-10(8-18-6-5-15-9-18)16-14(21)17-12-4-2-3-11(7-12)13(19)20/h5-6,9-12H,2-4,7-8H2,1H3,(H,19,20)(H2,16,17,21). The third kappa shape index (κ3) is 4.77. The van der Waals surface area contributed by atoms with E-state index in [9.17, 15) is 9.59 Å². The Hall–Kier alpha value is -2.05. The van der Waals surface area contributed by atoms with Crippen molar-refractivity contribution in [2.75, 3.05) is 0 Å². The van der Waals surface area contributed by atoms with E-state index < -0.39 is 5.97 Å². The van der Waals surface area contributed by atoms with Gasteiger partial charge in [0.1, 0.15) is 0 Å². The molecule has 1 aromatic heterocycles. The van der Waals surface area contributed by atoms with Crippen molar-refractivity contribution in [1.82, 2.24) is 20.2 Å².